The van der Waals surface area contributed by atoms with Crippen LogP contribution in [0.5, 0.6) is 0 Å². The smallest absolute Gasteiger partial charge is 0.462 e. The van der Waals surface area contributed by atoms with Crippen molar-refractivity contribution < 1.29 is 80.2 Å². The number of phosphoric ester groups is 2. The topological polar surface area (TPSA) is 237 Å². The molecule has 0 fully saturated rings. The number of hydrogen-bond acceptors (Lipinski definition) is 15. The molecule has 0 aromatic rings. The fourth-order valence-corrected chi connectivity index (χ4v) is 11.4. The number of rotatable bonds is 66. The number of carbonyl (C=O) groups is 4. The summed E-state index contributed by atoms with van der Waals surface area (Å²) in [5, 5.41) is 10.5. The van der Waals surface area contributed by atoms with Crippen LogP contribution in [0.3, 0.4) is 0 Å². The van der Waals surface area contributed by atoms with Crippen molar-refractivity contribution in [2.75, 3.05) is 39.6 Å². The van der Waals surface area contributed by atoms with Gasteiger partial charge in [-0.15, -0.1) is 0 Å². The van der Waals surface area contributed by atoms with Crippen molar-refractivity contribution in [1.29, 1.82) is 0 Å². The molecule has 0 saturated carbocycles. The van der Waals surface area contributed by atoms with Crippen LogP contribution in [-0.2, 0) is 65.4 Å². The summed E-state index contributed by atoms with van der Waals surface area (Å²) in [7, 11) is -9.87. The first-order valence-electron chi connectivity index (χ1n) is 34.3. The van der Waals surface area contributed by atoms with E-state index in [-0.39, 0.29) is 25.7 Å². The van der Waals surface area contributed by atoms with E-state index in [1.807, 2.05) is 0 Å². The number of unbranched alkanes of at least 4 members (excludes halogenated alkanes) is 40. The van der Waals surface area contributed by atoms with E-state index < -0.39 is 97.5 Å². The average Bonchev–Trinajstić information content (AvgIpc) is 3.65. The van der Waals surface area contributed by atoms with Gasteiger partial charge >= 0.3 is 39.5 Å². The fraction of sp³-hybridized carbons (Fsp3) is 0.938. The molecule has 0 rings (SSSR count). The van der Waals surface area contributed by atoms with Gasteiger partial charge in [-0.3, -0.25) is 37.3 Å². The predicted octanol–water partition coefficient (Wildman–Crippen LogP) is 18.3. The van der Waals surface area contributed by atoms with E-state index in [0.29, 0.717) is 25.7 Å². The Bertz CT molecular complexity index is 1620. The Kier molecular flexibility index (Phi) is 58.6. The summed E-state index contributed by atoms with van der Waals surface area (Å²) in [5.74, 6) is -2.14. The number of phosphoric acid groups is 2. The lowest BCUT2D eigenvalue weighted by atomic mass is 10.0. The quantitative estimate of drug-likeness (QED) is 0.0222. The fourth-order valence-electron chi connectivity index (χ4n) is 9.81. The van der Waals surface area contributed by atoms with Crippen LogP contribution in [0.1, 0.15) is 336 Å². The minimum absolute atomic E-state index is 0.104. The Morgan fingerprint density at radius 2 is 0.476 bits per heavy atom. The zero-order chi connectivity index (χ0) is 61.9. The van der Waals surface area contributed by atoms with Crippen LogP contribution in [0.4, 0.5) is 0 Å². The van der Waals surface area contributed by atoms with Gasteiger partial charge in [0, 0.05) is 25.7 Å². The van der Waals surface area contributed by atoms with Crippen LogP contribution in [-0.4, -0.2) is 96.7 Å². The predicted molar refractivity (Wildman–Crippen MR) is 335 cm³/mol. The van der Waals surface area contributed by atoms with Crippen LogP contribution in [0.15, 0.2) is 0 Å². The van der Waals surface area contributed by atoms with Crippen LogP contribution >= 0.6 is 15.6 Å². The highest BCUT2D eigenvalue weighted by atomic mass is 31.2. The minimum Gasteiger partial charge on any atom is -0.462 e. The summed E-state index contributed by atoms with van der Waals surface area (Å²) < 4.78 is 67.8. The van der Waals surface area contributed by atoms with Crippen molar-refractivity contribution in [3.05, 3.63) is 0 Å². The second kappa shape index (κ2) is 60.0. The van der Waals surface area contributed by atoms with Gasteiger partial charge in [0.2, 0.25) is 0 Å². The van der Waals surface area contributed by atoms with Crippen molar-refractivity contribution in [3.63, 3.8) is 0 Å². The minimum atomic E-state index is -4.94. The van der Waals surface area contributed by atoms with Crippen molar-refractivity contribution in [1.82, 2.24) is 0 Å². The van der Waals surface area contributed by atoms with E-state index in [2.05, 4.69) is 27.7 Å². The zero-order valence-electron chi connectivity index (χ0n) is 53.9. The molecular weight excluding hydrogens is 1110 g/mol. The van der Waals surface area contributed by atoms with Gasteiger partial charge in [0.15, 0.2) is 12.2 Å². The summed E-state index contributed by atoms with van der Waals surface area (Å²) >= 11 is 0. The molecule has 19 heteroatoms. The Morgan fingerprint density at radius 3 is 0.702 bits per heavy atom. The monoisotopic (exact) mass is 1240 g/mol. The summed E-state index contributed by atoms with van der Waals surface area (Å²) in [6.07, 6.45) is 46.2. The normalized spacial score (nSPS) is 14.1. The zero-order valence-corrected chi connectivity index (χ0v) is 55.7. The molecule has 498 valence electrons. The number of ether oxygens (including phenoxy) is 4. The van der Waals surface area contributed by atoms with Gasteiger partial charge in [-0.2, -0.15) is 0 Å². The standard InChI is InChI=1S/C65H126O17P2/c1-5-9-13-17-21-23-25-26-27-28-29-30-31-32-33-34-36-40-44-48-52-65(70)82-61(56-76-63(68)50-46-42-39-35-24-22-18-14-10-6-2)58-80-84(73,74)78-54-59(66)53-77-83(71,72)79-57-60(81-64(69)51-47-43-38-20-16-12-8-4)55-75-62(67)49-45-41-37-19-15-11-7-3/h59-61,66H,5-58H2,1-4H3,(H,71,72)(H,73,74)/t59-,60+,61+/m0/s1. The third-order valence-corrected chi connectivity index (χ3v) is 17.0. The third kappa shape index (κ3) is 59.0. The Balaban J connectivity index is 5.09. The highest BCUT2D eigenvalue weighted by Crippen LogP contribution is 2.45. The van der Waals surface area contributed by atoms with E-state index in [1.165, 1.54) is 141 Å². The molecule has 5 atom stereocenters. The maximum atomic E-state index is 13.0. The van der Waals surface area contributed by atoms with E-state index in [4.69, 9.17) is 37.0 Å². The highest BCUT2D eigenvalue weighted by Gasteiger charge is 2.30. The molecule has 0 radical (unpaired) electrons. The van der Waals surface area contributed by atoms with Crippen LogP contribution in [0.25, 0.3) is 0 Å². The maximum absolute atomic E-state index is 13.0. The van der Waals surface area contributed by atoms with Crippen molar-refractivity contribution >= 4 is 39.5 Å². The Hall–Kier alpha value is -1.94. The summed E-state index contributed by atoms with van der Waals surface area (Å²) in [6, 6.07) is 0. The molecule has 2 unspecified atom stereocenters. The Labute approximate surface area is 511 Å². The van der Waals surface area contributed by atoms with E-state index >= 15 is 0 Å². The lowest BCUT2D eigenvalue weighted by Gasteiger charge is -2.21. The lowest BCUT2D eigenvalue weighted by Crippen LogP contribution is -2.30. The van der Waals surface area contributed by atoms with Gasteiger partial charge in [0.25, 0.3) is 0 Å². The second-order valence-corrected chi connectivity index (χ2v) is 26.4. The first-order chi connectivity index (χ1) is 40.7. The second-order valence-electron chi connectivity index (χ2n) is 23.5. The summed E-state index contributed by atoms with van der Waals surface area (Å²) in [6.45, 7) is 4.81. The third-order valence-electron chi connectivity index (χ3n) is 15.1. The molecule has 17 nitrogen and oxygen atoms in total. The van der Waals surface area contributed by atoms with Gasteiger partial charge in [-0.25, -0.2) is 9.13 Å². The first kappa shape index (κ1) is 82.1. The molecule has 84 heavy (non-hydrogen) atoms. The number of aliphatic hydroxyl groups is 1. The molecule has 0 aliphatic heterocycles. The maximum Gasteiger partial charge on any atom is 0.472 e. The van der Waals surface area contributed by atoms with E-state index in [0.717, 1.165) is 116 Å². The van der Waals surface area contributed by atoms with Gasteiger partial charge in [-0.05, 0) is 25.7 Å². The molecule has 3 N–H and O–H groups in total. The molecule has 0 bridgehead atoms. The SMILES string of the molecule is CCCCCCCCCCCCCCCCCCCCCCC(=O)O[C@H](COC(=O)CCCCCCCCCCCC)COP(=O)(O)OC[C@@H](O)COP(=O)(O)OC[C@@H](COC(=O)CCCCCCCCC)OC(=O)CCCCCCCCC. The number of esters is 4. The number of carbonyl (C=O) groups excluding carboxylic acids is 4. The van der Waals surface area contributed by atoms with Crippen LogP contribution in [0.2, 0.25) is 0 Å². The first-order valence-corrected chi connectivity index (χ1v) is 37.3. The molecule has 0 aliphatic carbocycles. The van der Waals surface area contributed by atoms with Gasteiger partial charge in [0.1, 0.15) is 19.3 Å². The van der Waals surface area contributed by atoms with Gasteiger partial charge in [0.05, 0.1) is 26.4 Å². The number of aliphatic hydroxyl groups excluding tert-OH is 1. The summed E-state index contributed by atoms with van der Waals surface area (Å²) in [4.78, 5) is 71.9. The average molecular weight is 1240 g/mol. The van der Waals surface area contributed by atoms with Gasteiger partial charge < -0.3 is 33.8 Å². The molecule has 0 aromatic carbocycles. The van der Waals surface area contributed by atoms with Crippen LogP contribution in [0, 0.1) is 0 Å². The van der Waals surface area contributed by atoms with Gasteiger partial charge in [-0.1, -0.05) is 285 Å². The molecule has 0 amide bonds. The van der Waals surface area contributed by atoms with E-state index in [1.54, 1.807) is 0 Å². The largest absolute Gasteiger partial charge is 0.472 e. The molecule has 0 spiro atoms. The van der Waals surface area contributed by atoms with Crippen molar-refractivity contribution in [3.8, 4) is 0 Å². The van der Waals surface area contributed by atoms with Crippen molar-refractivity contribution in [2.45, 2.75) is 354 Å². The van der Waals surface area contributed by atoms with Crippen molar-refractivity contribution in [2.24, 2.45) is 0 Å². The highest BCUT2D eigenvalue weighted by molar-refractivity contribution is 7.47. The molecule has 0 aliphatic rings. The summed E-state index contributed by atoms with van der Waals surface area (Å²) in [5.41, 5.74) is 0. The number of hydrogen-bond donors (Lipinski definition) is 3. The lowest BCUT2D eigenvalue weighted by molar-refractivity contribution is -0.161. The van der Waals surface area contributed by atoms with Crippen LogP contribution < -0.4 is 0 Å². The van der Waals surface area contributed by atoms with E-state index in [9.17, 15) is 43.2 Å². The molecule has 0 saturated heterocycles. The molecule has 0 aromatic heterocycles. The Morgan fingerprint density at radius 1 is 0.286 bits per heavy atom. The molecular formula is C65H126O17P2. The molecule has 0 heterocycles.